The minimum absolute atomic E-state index is 0.405. The summed E-state index contributed by atoms with van der Waals surface area (Å²) in [6.07, 6.45) is 4.03. The Morgan fingerprint density at radius 3 is 3.20 bits per heavy atom. The van der Waals surface area contributed by atoms with Crippen LogP contribution in [0.5, 0.6) is 0 Å². The molecular weight excluding hydrogens is 150 g/mol. The van der Waals surface area contributed by atoms with E-state index in [4.69, 9.17) is 11.6 Å². The van der Waals surface area contributed by atoms with E-state index in [1.807, 2.05) is 0 Å². The number of aromatic amines is 1. The van der Waals surface area contributed by atoms with Crippen molar-refractivity contribution in [2.45, 2.75) is 0 Å². The predicted octanol–water partition coefficient (Wildman–Crippen LogP) is 1.21. The molecule has 3 nitrogen and oxygen atoms in total. The highest BCUT2D eigenvalue weighted by molar-refractivity contribution is 6.33. The molecule has 10 heavy (non-hydrogen) atoms. The third-order valence-corrected chi connectivity index (χ3v) is 1.46. The van der Waals surface area contributed by atoms with Gasteiger partial charge in [0.25, 0.3) is 0 Å². The highest BCUT2D eigenvalue weighted by atomic mass is 35.5. The van der Waals surface area contributed by atoms with E-state index >= 15 is 0 Å². The summed E-state index contributed by atoms with van der Waals surface area (Å²) >= 11 is 5.68. The summed E-state index contributed by atoms with van der Waals surface area (Å²) in [5.41, 5.74) is 0.667. The molecule has 0 saturated carbocycles. The van der Waals surface area contributed by atoms with Gasteiger partial charge in [-0.25, -0.2) is 9.97 Å². The van der Waals surface area contributed by atoms with E-state index in [1.54, 1.807) is 0 Å². The van der Waals surface area contributed by atoms with Gasteiger partial charge in [-0.15, -0.1) is 0 Å². The van der Waals surface area contributed by atoms with Gasteiger partial charge in [-0.3, -0.25) is 4.98 Å². The highest BCUT2D eigenvalue weighted by Crippen LogP contribution is 2.13. The van der Waals surface area contributed by atoms with Crippen LogP contribution in [0.2, 0.25) is 5.15 Å². The second-order valence-corrected chi connectivity index (χ2v) is 2.12. The SMILES string of the molecule is Clc1ncnc2[nH]c#cc12. The van der Waals surface area contributed by atoms with Gasteiger partial charge in [0, 0.05) is 6.20 Å². The first-order chi connectivity index (χ1) is 4.88. The Hall–Kier alpha value is -1.27. The quantitative estimate of drug-likeness (QED) is 0.575. The highest BCUT2D eigenvalue weighted by Gasteiger charge is 1.98. The Bertz CT molecular complexity index is 355. The van der Waals surface area contributed by atoms with Crippen molar-refractivity contribution < 1.29 is 0 Å². The molecule has 0 bridgehead atoms. The molecule has 0 unspecified atom stereocenters. The van der Waals surface area contributed by atoms with E-state index < -0.39 is 0 Å². The Morgan fingerprint density at radius 1 is 1.50 bits per heavy atom. The van der Waals surface area contributed by atoms with Crippen molar-refractivity contribution in [3.63, 3.8) is 0 Å². The van der Waals surface area contributed by atoms with E-state index in [-0.39, 0.29) is 0 Å². The van der Waals surface area contributed by atoms with Crippen LogP contribution >= 0.6 is 11.6 Å². The summed E-state index contributed by atoms with van der Waals surface area (Å²) in [7, 11) is 0. The van der Waals surface area contributed by atoms with Gasteiger partial charge in [0.15, 0.2) is 5.65 Å². The number of aromatic nitrogens is 3. The normalized spacial score (nSPS) is 9.70. The number of nitrogens with zero attached hydrogens (tertiary/aromatic N) is 2. The van der Waals surface area contributed by atoms with Gasteiger partial charge >= 0.3 is 0 Å². The Kier molecular flexibility index (Phi) is 1.02. The average Bonchev–Trinajstić information content (AvgIpc) is 2.36. The van der Waals surface area contributed by atoms with Crippen LogP contribution in [0.4, 0.5) is 0 Å². The molecule has 0 aliphatic carbocycles. The second-order valence-electron chi connectivity index (χ2n) is 1.76. The van der Waals surface area contributed by atoms with Crippen LogP contribution in [0.15, 0.2) is 6.33 Å². The van der Waals surface area contributed by atoms with Gasteiger partial charge in [-0.1, -0.05) is 11.6 Å². The van der Waals surface area contributed by atoms with Crippen molar-refractivity contribution in [2.24, 2.45) is 0 Å². The molecule has 0 aliphatic heterocycles. The first-order valence-corrected chi connectivity index (χ1v) is 3.03. The molecule has 0 fully saturated rings. The molecule has 0 amide bonds. The third kappa shape index (κ3) is 0.630. The lowest BCUT2D eigenvalue weighted by Crippen LogP contribution is -1.79. The van der Waals surface area contributed by atoms with Crippen LogP contribution < -0.4 is 0 Å². The number of hydrogen-bond donors (Lipinski definition) is 1. The fourth-order valence-corrected chi connectivity index (χ4v) is 0.903. The summed E-state index contributed by atoms with van der Waals surface area (Å²) < 4.78 is 0. The number of hydrogen-bond acceptors (Lipinski definition) is 2. The third-order valence-electron chi connectivity index (χ3n) is 1.17. The van der Waals surface area contributed by atoms with E-state index in [0.717, 1.165) is 0 Å². The maximum Gasteiger partial charge on any atom is 0.158 e. The van der Waals surface area contributed by atoms with Gasteiger partial charge in [-0.2, -0.15) is 0 Å². The summed E-state index contributed by atoms with van der Waals surface area (Å²) in [6, 6.07) is 2.75. The van der Waals surface area contributed by atoms with Gasteiger partial charge < -0.3 is 0 Å². The number of fused-ring (bicyclic) bond motifs is 1. The van der Waals surface area contributed by atoms with Crippen molar-refractivity contribution in [1.29, 1.82) is 0 Å². The van der Waals surface area contributed by atoms with E-state index in [1.165, 1.54) is 6.33 Å². The zero-order valence-electron chi connectivity index (χ0n) is 4.85. The predicted molar refractivity (Wildman–Crippen MR) is 36.6 cm³/mol. The lowest BCUT2D eigenvalue weighted by atomic mass is 10.4. The standard InChI is InChI=1S/C6H2ClN3/c7-5-4-1-2-8-6(4)10-3-9-5/h3H,(H,8,9,10). The summed E-state index contributed by atoms with van der Waals surface area (Å²) in [6.45, 7) is 0. The average molecular weight is 152 g/mol. The molecule has 0 saturated heterocycles. The van der Waals surface area contributed by atoms with E-state index in [9.17, 15) is 0 Å². The van der Waals surface area contributed by atoms with Crippen molar-refractivity contribution >= 4 is 22.6 Å². The van der Waals surface area contributed by atoms with Crippen molar-refractivity contribution in [3.05, 3.63) is 23.7 Å². The molecular formula is C6H2ClN3. The molecule has 2 aromatic heterocycles. The molecule has 48 valence electrons. The maximum atomic E-state index is 5.68. The smallest absolute Gasteiger partial charge is 0.158 e. The van der Waals surface area contributed by atoms with Crippen molar-refractivity contribution in [1.82, 2.24) is 15.0 Å². The van der Waals surface area contributed by atoms with Crippen molar-refractivity contribution in [3.8, 4) is 0 Å². The molecule has 1 N–H and O–H groups in total. The molecule has 2 rings (SSSR count). The first kappa shape index (κ1) is 5.51. The fraction of sp³-hybridized carbons (Fsp3) is 0. The second kappa shape index (κ2) is 1.86. The van der Waals surface area contributed by atoms with Crippen LogP contribution in [-0.2, 0) is 0 Å². The van der Waals surface area contributed by atoms with Crippen LogP contribution in [0.1, 0.15) is 0 Å². The Morgan fingerprint density at radius 2 is 2.40 bits per heavy atom. The van der Waals surface area contributed by atoms with Crippen molar-refractivity contribution in [2.75, 3.05) is 0 Å². The zero-order valence-corrected chi connectivity index (χ0v) is 5.61. The first-order valence-electron chi connectivity index (χ1n) is 2.65. The number of halogens is 1. The minimum atomic E-state index is 0.405. The maximum absolute atomic E-state index is 5.68. The number of H-pyrrole nitrogens is 1. The van der Waals surface area contributed by atoms with Gasteiger partial charge in [-0.05, 0) is 6.07 Å². The zero-order chi connectivity index (χ0) is 6.97. The van der Waals surface area contributed by atoms with Crippen LogP contribution in [0, 0.1) is 12.3 Å². The van der Waals surface area contributed by atoms with Crippen LogP contribution in [-0.4, -0.2) is 15.0 Å². The summed E-state index contributed by atoms with van der Waals surface area (Å²) in [4.78, 5) is 10.4. The fourth-order valence-electron chi connectivity index (χ4n) is 0.723. The van der Waals surface area contributed by atoms with E-state index in [2.05, 4.69) is 27.2 Å². The molecule has 0 spiro atoms. The van der Waals surface area contributed by atoms with Crippen LogP contribution in [0.25, 0.3) is 11.0 Å². The Balaban J connectivity index is 2.95. The molecule has 4 heteroatoms. The van der Waals surface area contributed by atoms with Gasteiger partial charge in [0.1, 0.15) is 16.9 Å². The molecule has 2 heterocycles. The Labute approximate surface area is 62.1 Å². The van der Waals surface area contributed by atoms with Gasteiger partial charge in [0.05, 0.1) is 0 Å². The molecule has 0 atom stereocenters. The largest absolute Gasteiger partial charge is 0.298 e. The lowest BCUT2D eigenvalue weighted by Gasteiger charge is -1.86. The van der Waals surface area contributed by atoms with Crippen LogP contribution in [0.3, 0.4) is 0 Å². The molecule has 0 radical (unpaired) electrons. The number of rotatable bonds is 0. The molecule has 0 aliphatic rings. The monoisotopic (exact) mass is 151 g/mol. The molecule has 2 aromatic rings. The van der Waals surface area contributed by atoms with E-state index in [0.29, 0.717) is 16.2 Å². The molecule has 0 aromatic carbocycles. The lowest BCUT2D eigenvalue weighted by molar-refractivity contribution is 1.20. The minimum Gasteiger partial charge on any atom is -0.298 e. The summed E-state index contributed by atoms with van der Waals surface area (Å²) in [5.74, 6) is 0. The van der Waals surface area contributed by atoms with Gasteiger partial charge in [0.2, 0.25) is 0 Å². The topological polar surface area (TPSA) is 41.6 Å². The summed E-state index contributed by atoms with van der Waals surface area (Å²) in [5, 5.41) is 1.09. The number of nitrogens with one attached hydrogen (secondary N) is 1.